The summed E-state index contributed by atoms with van der Waals surface area (Å²) in [4.78, 5) is 21.9. The Balaban J connectivity index is 1.99. The zero-order valence-electron chi connectivity index (χ0n) is 11.5. The van der Waals surface area contributed by atoms with Crippen molar-refractivity contribution in [1.82, 2.24) is 19.6 Å². The third kappa shape index (κ3) is 3.63. The third-order valence-corrected chi connectivity index (χ3v) is 2.63. The quantitative estimate of drug-likeness (QED) is 0.613. The standard InChI is InChI=1S/C11H14N6O4/c1-8-3-10(17(19)20)14-16(8)6-11(18)13-9-4-12-15(5-9)7-21-2/h3-5H,6-7H2,1-2H3,(H,13,18). The van der Waals surface area contributed by atoms with Crippen molar-refractivity contribution >= 4 is 17.4 Å². The molecule has 2 aromatic rings. The summed E-state index contributed by atoms with van der Waals surface area (Å²) >= 11 is 0. The molecular weight excluding hydrogens is 280 g/mol. The number of anilines is 1. The van der Waals surface area contributed by atoms with Crippen LogP contribution in [0, 0.1) is 17.0 Å². The minimum atomic E-state index is -0.601. The first-order chi connectivity index (χ1) is 9.99. The van der Waals surface area contributed by atoms with Gasteiger partial charge in [-0.2, -0.15) is 9.78 Å². The number of amides is 1. The first-order valence-corrected chi connectivity index (χ1v) is 5.99. The molecule has 0 aliphatic heterocycles. The van der Waals surface area contributed by atoms with E-state index in [1.807, 2.05) is 0 Å². The summed E-state index contributed by atoms with van der Waals surface area (Å²) in [7, 11) is 1.54. The molecule has 10 nitrogen and oxygen atoms in total. The van der Waals surface area contributed by atoms with Gasteiger partial charge in [-0.05, 0) is 11.8 Å². The molecule has 0 unspecified atom stereocenters. The molecule has 0 radical (unpaired) electrons. The molecule has 0 atom stereocenters. The normalized spacial score (nSPS) is 10.6. The molecular formula is C11H14N6O4. The van der Waals surface area contributed by atoms with Crippen LogP contribution in [-0.4, -0.2) is 37.5 Å². The van der Waals surface area contributed by atoms with Crippen LogP contribution in [0.5, 0.6) is 0 Å². The highest BCUT2D eigenvalue weighted by Gasteiger charge is 2.17. The van der Waals surface area contributed by atoms with E-state index in [4.69, 9.17) is 4.74 Å². The number of carbonyl (C=O) groups is 1. The van der Waals surface area contributed by atoms with Crippen molar-refractivity contribution in [2.45, 2.75) is 20.2 Å². The van der Waals surface area contributed by atoms with Gasteiger partial charge in [-0.3, -0.25) is 4.79 Å². The van der Waals surface area contributed by atoms with Gasteiger partial charge >= 0.3 is 5.82 Å². The molecule has 0 bridgehead atoms. The molecule has 2 heterocycles. The van der Waals surface area contributed by atoms with Crippen molar-refractivity contribution in [1.29, 1.82) is 0 Å². The molecule has 2 aromatic heterocycles. The minimum Gasteiger partial charge on any atom is -0.362 e. The van der Waals surface area contributed by atoms with E-state index in [-0.39, 0.29) is 25.0 Å². The van der Waals surface area contributed by atoms with Crippen LogP contribution in [0.4, 0.5) is 11.5 Å². The molecule has 0 saturated heterocycles. The lowest BCUT2D eigenvalue weighted by Gasteiger charge is -2.01. The summed E-state index contributed by atoms with van der Waals surface area (Å²) in [5.41, 5.74) is 1.04. The van der Waals surface area contributed by atoms with Crippen molar-refractivity contribution in [3.63, 3.8) is 0 Å². The fourth-order valence-corrected chi connectivity index (χ4v) is 1.71. The van der Waals surface area contributed by atoms with Gasteiger partial charge in [0, 0.05) is 7.11 Å². The molecule has 0 spiro atoms. The van der Waals surface area contributed by atoms with Crippen LogP contribution < -0.4 is 5.32 Å². The number of hydrogen-bond donors (Lipinski definition) is 1. The summed E-state index contributed by atoms with van der Waals surface area (Å²) in [5.74, 6) is -0.638. The Bertz CT molecular complexity index is 661. The van der Waals surface area contributed by atoms with Gasteiger partial charge < -0.3 is 20.2 Å². The summed E-state index contributed by atoms with van der Waals surface area (Å²) < 4.78 is 7.68. The molecule has 0 fully saturated rings. The minimum absolute atomic E-state index is 0.116. The van der Waals surface area contributed by atoms with E-state index < -0.39 is 4.92 Å². The van der Waals surface area contributed by atoms with E-state index in [0.717, 1.165) is 0 Å². The van der Waals surface area contributed by atoms with Gasteiger partial charge in [0.2, 0.25) is 5.91 Å². The van der Waals surface area contributed by atoms with Crippen molar-refractivity contribution in [2.75, 3.05) is 12.4 Å². The maximum Gasteiger partial charge on any atom is 0.390 e. The van der Waals surface area contributed by atoms with Gasteiger partial charge in [0.25, 0.3) is 0 Å². The fraction of sp³-hybridized carbons (Fsp3) is 0.364. The van der Waals surface area contributed by atoms with Crippen LogP contribution in [0.2, 0.25) is 0 Å². The lowest BCUT2D eigenvalue weighted by atomic mass is 10.4. The average Bonchev–Trinajstić information content (AvgIpc) is 2.98. The zero-order chi connectivity index (χ0) is 15.4. The van der Waals surface area contributed by atoms with Gasteiger partial charge in [0.05, 0.1) is 34.9 Å². The topological polar surface area (TPSA) is 117 Å². The van der Waals surface area contributed by atoms with Crippen LogP contribution in [0.25, 0.3) is 0 Å². The molecule has 0 saturated carbocycles. The van der Waals surface area contributed by atoms with E-state index in [1.165, 1.54) is 28.7 Å². The van der Waals surface area contributed by atoms with E-state index >= 15 is 0 Å². The maximum absolute atomic E-state index is 11.9. The summed E-state index contributed by atoms with van der Waals surface area (Å²) in [6.45, 7) is 1.80. The molecule has 0 aliphatic carbocycles. The lowest BCUT2D eigenvalue weighted by molar-refractivity contribution is -0.389. The first-order valence-electron chi connectivity index (χ1n) is 5.99. The summed E-state index contributed by atoms with van der Waals surface area (Å²) in [6, 6.07) is 1.31. The van der Waals surface area contributed by atoms with Gasteiger partial charge in [-0.25, -0.2) is 4.68 Å². The number of aromatic nitrogens is 4. The van der Waals surface area contributed by atoms with Crippen molar-refractivity contribution < 1.29 is 14.5 Å². The highest BCUT2D eigenvalue weighted by Crippen LogP contribution is 2.11. The smallest absolute Gasteiger partial charge is 0.362 e. The largest absolute Gasteiger partial charge is 0.390 e. The molecule has 0 aromatic carbocycles. The van der Waals surface area contributed by atoms with E-state index in [0.29, 0.717) is 11.4 Å². The Morgan fingerprint density at radius 1 is 1.57 bits per heavy atom. The van der Waals surface area contributed by atoms with Crippen molar-refractivity contribution in [3.05, 3.63) is 34.3 Å². The number of nitrogens with zero attached hydrogens (tertiary/aromatic N) is 5. The monoisotopic (exact) mass is 294 g/mol. The Kier molecular flexibility index (Phi) is 4.28. The van der Waals surface area contributed by atoms with Gasteiger partial charge in [0.15, 0.2) is 0 Å². The molecule has 1 N–H and O–H groups in total. The van der Waals surface area contributed by atoms with E-state index in [2.05, 4.69) is 15.5 Å². The van der Waals surface area contributed by atoms with Gasteiger partial charge in [-0.1, -0.05) is 0 Å². The Morgan fingerprint density at radius 3 is 2.95 bits per heavy atom. The van der Waals surface area contributed by atoms with Crippen LogP contribution in [0.3, 0.4) is 0 Å². The second-order valence-electron chi connectivity index (χ2n) is 4.29. The highest BCUT2D eigenvalue weighted by atomic mass is 16.6. The lowest BCUT2D eigenvalue weighted by Crippen LogP contribution is -2.20. The number of aryl methyl sites for hydroxylation is 1. The predicted octanol–water partition coefficient (Wildman–Crippen LogP) is 0.539. The predicted molar refractivity (Wildman–Crippen MR) is 71.5 cm³/mol. The second-order valence-corrected chi connectivity index (χ2v) is 4.29. The number of nitrogens with one attached hydrogen (secondary N) is 1. The fourth-order valence-electron chi connectivity index (χ4n) is 1.71. The molecule has 0 aliphatic rings. The second kappa shape index (κ2) is 6.13. The molecule has 112 valence electrons. The van der Waals surface area contributed by atoms with Crippen LogP contribution >= 0.6 is 0 Å². The number of nitro groups is 1. The third-order valence-electron chi connectivity index (χ3n) is 2.63. The van der Waals surface area contributed by atoms with Crippen molar-refractivity contribution in [2.24, 2.45) is 0 Å². The molecule has 10 heteroatoms. The average molecular weight is 294 g/mol. The van der Waals surface area contributed by atoms with Gasteiger partial charge in [0.1, 0.15) is 13.3 Å². The highest BCUT2D eigenvalue weighted by molar-refractivity contribution is 5.90. The number of methoxy groups -OCH3 is 1. The van der Waals surface area contributed by atoms with Crippen LogP contribution in [0.15, 0.2) is 18.5 Å². The number of rotatable bonds is 6. The van der Waals surface area contributed by atoms with E-state index in [1.54, 1.807) is 13.1 Å². The zero-order valence-corrected chi connectivity index (χ0v) is 11.5. The summed E-state index contributed by atoms with van der Waals surface area (Å²) in [6.07, 6.45) is 3.09. The molecule has 2 rings (SSSR count). The Labute approximate surface area is 119 Å². The number of hydrogen-bond acceptors (Lipinski definition) is 6. The number of ether oxygens (including phenoxy) is 1. The van der Waals surface area contributed by atoms with Crippen LogP contribution in [0.1, 0.15) is 5.69 Å². The van der Waals surface area contributed by atoms with Crippen molar-refractivity contribution in [3.8, 4) is 0 Å². The van der Waals surface area contributed by atoms with Crippen LogP contribution in [-0.2, 0) is 22.8 Å². The first kappa shape index (κ1) is 14.7. The van der Waals surface area contributed by atoms with E-state index in [9.17, 15) is 14.9 Å². The SMILES string of the molecule is COCn1cc(NC(=O)Cn2nc([N+](=O)[O-])cc2C)cn1. The van der Waals surface area contributed by atoms with Gasteiger partial charge in [-0.15, -0.1) is 0 Å². The maximum atomic E-state index is 11.9. The summed E-state index contributed by atoms with van der Waals surface area (Å²) in [5, 5.41) is 21.0. The number of carbonyl (C=O) groups excluding carboxylic acids is 1. The molecule has 1 amide bonds. The Hall–Kier alpha value is -2.75. The molecule has 21 heavy (non-hydrogen) atoms. The Morgan fingerprint density at radius 2 is 2.33 bits per heavy atom.